The molecule has 0 saturated heterocycles. The van der Waals surface area contributed by atoms with Gasteiger partial charge in [0.15, 0.2) is 10.8 Å². The lowest BCUT2D eigenvalue weighted by Crippen LogP contribution is -2.31. The van der Waals surface area contributed by atoms with Gasteiger partial charge in [0.05, 0.1) is 5.69 Å². The SMILES string of the molecule is CCN(c1nc2sccn2c1CN)C(C)C. The Morgan fingerprint density at radius 3 is 2.88 bits per heavy atom. The van der Waals surface area contributed by atoms with Crippen molar-refractivity contribution in [2.75, 3.05) is 11.4 Å². The van der Waals surface area contributed by atoms with E-state index in [2.05, 4.69) is 35.1 Å². The monoisotopic (exact) mass is 238 g/mol. The fraction of sp³-hybridized carbons (Fsp3) is 0.545. The Hall–Kier alpha value is -1.07. The Balaban J connectivity index is 2.53. The van der Waals surface area contributed by atoms with Crippen LogP contribution in [0, 0.1) is 0 Å². The van der Waals surface area contributed by atoms with Gasteiger partial charge < -0.3 is 10.6 Å². The molecule has 2 heterocycles. The molecule has 0 unspecified atom stereocenters. The summed E-state index contributed by atoms with van der Waals surface area (Å²) in [5.41, 5.74) is 6.93. The van der Waals surface area contributed by atoms with E-state index in [1.807, 2.05) is 11.6 Å². The number of anilines is 1. The average molecular weight is 238 g/mol. The van der Waals surface area contributed by atoms with Crippen molar-refractivity contribution in [3.8, 4) is 0 Å². The van der Waals surface area contributed by atoms with Crippen molar-refractivity contribution in [3.05, 3.63) is 17.3 Å². The normalized spacial score (nSPS) is 11.6. The highest BCUT2D eigenvalue weighted by Crippen LogP contribution is 2.25. The molecule has 0 aliphatic carbocycles. The van der Waals surface area contributed by atoms with Crippen LogP contribution in [0.1, 0.15) is 26.5 Å². The van der Waals surface area contributed by atoms with E-state index in [-0.39, 0.29) is 0 Å². The fourth-order valence-corrected chi connectivity index (χ4v) is 2.73. The molecular formula is C11H18N4S. The van der Waals surface area contributed by atoms with Gasteiger partial charge in [-0.05, 0) is 20.8 Å². The Labute approximate surface area is 99.7 Å². The topological polar surface area (TPSA) is 46.6 Å². The molecule has 0 bridgehead atoms. The first kappa shape index (κ1) is 11.4. The van der Waals surface area contributed by atoms with Crippen molar-refractivity contribution >= 4 is 22.1 Å². The predicted molar refractivity (Wildman–Crippen MR) is 69.1 cm³/mol. The van der Waals surface area contributed by atoms with Crippen molar-refractivity contribution in [2.45, 2.75) is 33.4 Å². The summed E-state index contributed by atoms with van der Waals surface area (Å²) in [4.78, 5) is 7.97. The van der Waals surface area contributed by atoms with Crippen LogP contribution in [0.4, 0.5) is 5.82 Å². The molecule has 2 N–H and O–H groups in total. The first-order chi connectivity index (χ1) is 7.69. The van der Waals surface area contributed by atoms with E-state index in [9.17, 15) is 0 Å². The highest BCUT2D eigenvalue weighted by Gasteiger charge is 2.18. The highest BCUT2D eigenvalue weighted by molar-refractivity contribution is 7.15. The van der Waals surface area contributed by atoms with Crippen LogP contribution in [-0.2, 0) is 6.54 Å². The van der Waals surface area contributed by atoms with Gasteiger partial charge in [0.1, 0.15) is 0 Å². The molecule has 5 heteroatoms. The van der Waals surface area contributed by atoms with Crippen molar-refractivity contribution in [2.24, 2.45) is 5.73 Å². The van der Waals surface area contributed by atoms with E-state index in [0.717, 1.165) is 23.0 Å². The van der Waals surface area contributed by atoms with Crippen LogP contribution in [-0.4, -0.2) is 22.0 Å². The zero-order valence-electron chi connectivity index (χ0n) is 9.97. The molecule has 0 spiro atoms. The second-order valence-corrected chi connectivity index (χ2v) is 4.89. The largest absolute Gasteiger partial charge is 0.353 e. The third-order valence-corrected chi connectivity index (χ3v) is 3.53. The Morgan fingerprint density at radius 2 is 2.31 bits per heavy atom. The van der Waals surface area contributed by atoms with Crippen LogP contribution >= 0.6 is 11.3 Å². The third kappa shape index (κ3) is 1.70. The van der Waals surface area contributed by atoms with Crippen LogP contribution in [0.2, 0.25) is 0 Å². The minimum Gasteiger partial charge on any atom is -0.353 e. The number of fused-ring (bicyclic) bond motifs is 1. The van der Waals surface area contributed by atoms with E-state index in [1.165, 1.54) is 0 Å². The van der Waals surface area contributed by atoms with Gasteiger partial charge in [-0.3, -0.25) is 4.40 Å². The van der Waals surface area contributed by atoms with Gasteiger partial charge in [-0.2, -0.15) is 0 Å². The van der Waals surface area contributed by atoms with Crippen LogP contribution in [0.5, 0.6) is 0 Å². The molecule has 16 heavy (non-hydrogen) atoms. The predicted octanol–water partition coefficient (Wildman–Crippen LogP) is 2.09. The van der Waals surface area contributed by atoms with Crippen LogP contribution in [0.3, 0.4) is 0 Å². The lowest BCUT2D eigenvalue weighted by molar-refractivity contribution is 0.690. The molecule has 0 saturated carbocycles. The van der Waals surface area contributed by atoms with Crippen LogP contribution in [0.15, 0.2) is 11.6 Å². The zero-order valence-corrected chi connectivity index (χ0v) is 10.8. The summed E-state index contributed by atoms with van der Waals surface area (Å²) in [6, 6.07) is 0.444. The molecule has 0 fully saturated rings. The van der Waals surface area contributed by atoms with Crippen molar-refractivity contribution < 1.29 is 0 Å². The lowest BCUT2D eigenvalue weighted by Gasteiger charge is -2.26. The Bertz CT molecular complexity index is 471. The van der Waals surface area contributed by atoms with E-state index in [1.54, 1.807) is 11.3 Å². The molecule has 0 atom stereocenters. The van der Waals surface area contributed by atoms with E-state index in [4.69, 9.17) is 5.73 Å². The van der Waals surface area contributed by atoms with Gasteiger partial charge in [-0.1, -0.05) is 0 Å². The van der Waals surface area contributed by atoms with E-state index >= 15 is 0 Å². The maximum Gasteiger partial charge on any atom is 0.195 e. The molecule has 0 aliphatic heterocycles. The molecule has 0 amide bonds. The van der Waals surface area contributed by atoms with Crippen molar-refractivity contribution in [1.29, 1.82) is 0 Å². The molecule has 88 valence electrons. The second kappa shape index (κ2) is 4.43. The van der Waals surface area contributed by atoms with Crippen LogP contribution < -0.4 is 10.6 Å². The highest BCUT2D eigenvalue weighted by atomic mass is 32.1. The molecule has 2 rings (SSSR count). The molecule has 4 nitrogen and oxygen atoms in total. The van der Waals surface area contributed by atoms with Crippen molar-refractivity contribution in [3.63, 3.8) is 0 Å². The number of aromatic nitrogens is 2. The average Bonchev–Trinajstić information content (AvgIpc) is 2.77. The number of nitrogens with zero attached hydrogens (tertiary/aromatic N) is 3. The molecule has 2 aromatic heterocycles. The summed E-state index contributed by atoms with van der Waals surface area (Å²) < 4.78 is 2.09. The molecule has 0 aliphatic rings. The third-order valence-electron chi connectivity index (χ3n) is 2.77. The first-order valence-electron chi connectivity index (χ1n) is 5.60. The Kier molecular flexibility index (Phi) is 3.16. The summed E-state index contributed by atoms with van der Waals surface area (Å²) in [6.07, 6.45) is 2.03. The molecule has 0 radical (unpaired) electrons. The van der Waals surface area contributed by atoms with Crippen molar-refractivity contribution in [1.82, 2.24) is 9.38 Å². The maximum atomic E-state index is 5.83. The van der Waals surface area contributed by atoms with Crippen LogP contribution in [0.25, 0.3) is 4.96 Å². The van der Waals surface area contributed by atoms with Gasteiger partial charge in [-0.25, -0.2) is 4.98 Å². The summed E-state index contributed by atoms with van der Waals surface area (Å²) in [6.45, 7) is 7.98. The minimum absolute atomic E-state index is 0.444. The van der Waals surface area contributed by atoms with E-state index < -0.39 is 0 Å². The maximum absolute atomic E-state index is 5.83. The Morgan fingerprint density at radius 1 is 1.56 bits per heavy atom. The van der Waals surface area contributed by atoms with Gasteiger partial charge in [-0.15, -0.1) is 11.3 Å². The van der Waals surface area contributed by atoms with Gasteiger partial charge in [0.25, 0.3) is 0 Å². The summed E-state index contributed by atoms with van der Waals surface area (Å²) in [5.74, 6) is 1.03. The molecular weight excluding hydrogens is 220 g/mol. The number of hydrogen-bond donors (Lipinski definition) is 1. The first-order valence-corrected chi connectivity index (χ1v) is 6.48. The van der Waals surface area contributed by atoms with Gasteiger partial charge in [0, 0.05) is 30.7 Å². The fourth-order valence-electron chi connectivity index (χ4n) is 2.00. The van der Waals surface area contributed by atoms with E-state index in [0.29, 0.717) is 12.6 Å². The summed E-state index contributed by atoms with van der Waals surface area (Å²) in [5, 5.41) is 2.04. The number of rotatable bonds is 4. The standard InChI is InChI=1S/C11H18N4S/c1-4-14(8(2)3)10-9(7-12)15-5-6-16-11(15)13-10/h5-6,8H,4,7,12H2,1-3H3. The smallest absolute Gasteiger partial charge is 0.195 e. The van der Waals surface area contributed by atoms with Gasteiger partial charge in [0.2, 0.25) is 0 Å². The van der Waals surface area contributed by atoms with Gasteiger partial charge >= 0.3 is 0 Å². The number of hydrogen-bond acceptors (Lipinski definition) is 4. The summed E-state index contributed by atoms with van der Waals surface area (Å²) in [7, 11) is 0. The molecule has 0 aromatic carbocycles. The number of imidazole rings is 1. The molecule has 2 aromatic rings. The summed E-state index contributed by atoms with van der Waals surface area (Å²) >= 11 is 1.65. The lowest BCUT2D eigenvalue weighted by atomic mass is 10.3. The number of nitrogens with two attached hydrogens (primary N) is 1. The number of thiazole rings is 1. The minimum atomic E-state index is 0.444. The quantitative estimate of drug-likeness (QED) is 0.887. The second-order valence-electron chi connectivity index (χ2n) is 4.02. The zero-order chi connectivity index (χ0) is 11.7.